The van der Waals surface area contributed by atoms with Gasteiger partial charge >= 0.3 is 0 Å². The highest BCUT2D eigenvalue weighted by Crippen LogP contribution is 2.23. The first kappa shape index (κ1) is 12.2. The number of alkyl halides is 1. The lowest BCUT2D eigenvalue weighted by Crippen LogP contribution is -2.55. The molecule has 2 fully saturated rings. The minimum atomic E-state index is 0.434. The number of hydrogen-bond donors (Lipinski definition) is 0. The van der Waals surface area contributed by atoms with Crippen LogP contribution >= 0.6 is 11.6 Å². The van der Waals surface area contributed by atoms with Crippen molar-refractivity contribution < 1.29 is 0 Å². The van der Waals surface area contributed by atoms with Gasteiger partial charge in [0, 0.05) is 25.7 Å². The van der Waals surface area contributed by atoms with Gasteiger partial charge in [-0.25, -0.2) is 0 Å². The normalized spacial score (nSPS) is 24.9. The topological polar surface area (TPSA) is 32.3 Å². The summed E-state index contributed by atoms with van der Waals surface area (Å²) in [6.07, 6.45) is 4.05. The van der Waals surface area contributed by atoms with Crippen molar-refractivity contribution in [3.05, 3.63) is 17.8 Å². The Kier molecular flexibility index (Phi) is 3.66. The summed E-state index contributed by atoms with van der Waals surface area (Å²) in [5, 5.41) is 8.42. The molecule has 0 aliphatic carbocycles. The first-order chi connectivity index (χ1) is 8.86. The summed E-state index contributed by atoms with van der Waals surface area (Å²) in [4.78, 5) is 4.98. The van der Waals surface area contributed by atoms with Gasteiger partial charge in [0.25, 0.3) is 0 Å². The Morgan fingerprint density at radius 2 is 2.11 bits per heavy atom. The van der Waals surface area contributed by atoms with E-state index in [1.54, 1.807) is 0 Å². The Hall–Kier alpha value is -0.870. The highest BCUT2D eigenvalue weighted by molar-refractivity contribution is 6.16. The molecule has 2 saturated heterocycles. The van der Waals surface area contributed by atoms with Gasteiger partial charge in [0.2, 0.25) is 0 Å². The largest absolute Gasteiger partial charge is 0.352 e. The van der Waals surface area contributed by atoms with Crippen molar-refractivity contribution in [2.45, 2.75) is 31.2 Å². The van der Waals surface area contributed by atoms with Gasteiger partial charge in [0.15, 0.2) is 5.82 Å². The number of rotatable bonds is 2. The zero-order valence-electron chi connectivity index (χ0n) is 10.6. The van der Waals surface area contributed by atoms with E-state index in [1.807, 2.05) is 12.1 Å². The van der Waals surface area contributed by atoms with Crippen LogP contribution < -0.4 is 4.90 Å². The van der Waals surface area contributed by atoms with E-state index >= 15 is 0 Å². The van der Waals surface area contributed by atoms with Crippen LogP contribution in [0.2, 0.25) is 0 Å². The van der Waals surface area contributed by atoms with Gasteiger partial charge < -0.3 is 4.90 Å². The number of halogens is 1. The molecule has 0 N–H and O–H groups in total. The van der Waals surface area contributed by atoms with Crippen molar-refractivity contribution in [1.82, 2.24) is 15.1 Å². The Bertz CT molecular complexity index is 394. The summed E-state index contributed by atoms with van der Waals surface area (Å²) < 4.78 is 0. The van der Waals surface area contributed by atoms with E-state index in [9.17, 15) is 0 Å². The molecule has 3 heterocycles. The molecule has 0 spiro atoms. The zero-order valence-corrected chi connectivity index (χ0v) is 11.3. The molecule has 0 saturated carbocycles. The summed E-state index contributed by atoms with van der Waals surface area (Å²) in [5.41, 5.74) is 0.844. The fourth-order valence-corrected chi connectivity index (χ4v) is 3.10. The van der Waals surface area contributed by atoms with Gasteiger partial charge in [-0.2, -0.15) is 5.10 Å². The van der Waals surface area contributed by atoms with Gasteiger partial charge in [0.05, 0.1) is 11.6 Å². The van der Waals surface area contributed by atoms with Crippen molar-refractivity contribution in [2.75, 3.05) is 31.1 Å². The van der Waals surface area contributed by atoms with Crippen LogP contribution in [0.15, 0.2) is 12.1 Å². The van der Waals surface area contributed by atoms with Crippen molar-refractivity contribution in [1.29, 1.82) is 0 Å². The van der Waals surface area contributed by atoms with Crippen molar-refractivity contribution in [3.63, 3.8) is 0 Å². The van der Waals surface area contributed by atoms with E-state index in [4.69, 9.17) is 11.6 Å². The van der Waals surface area contributed by atoms with E-state index in [0.717, 1.165) is 31.1 Å². The Labute approximate surface area is 113 Å². The lowest BCUT2D eigenvalue weighted by molar-refractivity contribution is 0.133. The van der Waals surface area contributed by atoms with Crippen LogP contribution in [0.25, 0.3) is 0 Å². The van der Waals surface area contributed by atoms with Gasteiger partial charge in [0.1, 0.15) is 0 Å². The highest BCUT2D eigenvalue weighted by Gasteiger charge is 2.29. The molecule has 5 heteroatoms. The van der Waals surface area contributed by atoms with Crippen molar-refractivity contribution in [3.8, 4) is 0 Å². The quantitative estimate of drug-likeness (QED) is 0.766. The van der Waals surface area contributed by atoms with E-state index in [-0.39, 0.29) is 0 Å². The monoisotopic (exact) mass is 266 g/mol. The standard InChI is InChI=1S/C13H19ClN4/c14-9-11-4-5-13(16-15-11)18-8-7-17-6-2-1-3-12(17)10-18/h4-5,12H,1-3,6-10H2. The Morgan fingerprint density at radius 1 is 1.17 bits per heavy atom. The Morgan fingerprint density at radius 3 is 2.89 bits per heavy atom. The van der Waals surface area contributed by atoms with Crippen LogP contribution in [0.1, 0.15) is 25.0 Å². The summed E-state index contributed by atoms with van der Waals surface area (Å²) >= 11 is 5.73. The second-order valence-electron chi connectivity index (χ2n) is 5.15. The fraction of sp³-hybridized carbons (Fsp3) is 0.692. The number of nitrogens with zero attached hydrogens (tertiary/aromatic N) is 4. The minimum absolute atomic E-state index is 0.434. The lowest BCUT2D eigenvalue weighted by Gasteiger charge is -2.44. The van der Waals surface area contributed by atoms with Gasteiger partial charge in [-0.3, -0.25) is 4.90 Å². The molecule has 1 unspecified atom stereocenters. The van der Waals surface area contributed by atoms with Crippen LogP contribution in [0, 0.1) is 0 Å². The third kappa shape index (κ3) is 2.45. The molecule has 0 bridgehead atoms. The minimum Gasteiger partial charge on any atom is -0.352 e. The van der Waals surface area contributed by atoms with Crippen LogP contribution in [0.3, 0.4) is 0 Å². The van der Waals surface area contributed by atoms with Crippen molar-refractivity contribution in [2.24, 2.45) is 0 Å². The molecule has 4 nitrogen and oxygen atoms in total. The molecular formula is C13H19ClN4. The number of fused-ring (bicyclic) bond motifs is 1. The summed E-state index contributed by atoms with van der Waals surface area (Å²) in [7, 11) is 0. The number of aromatic nitrogens is 2. The van der Waals surface area contributed by atoms with Gasteiger partial charge in [-0.05, 0) is 31.5 Å². The molecule has 3 rings (SSSR count). The van der Waals surface area contributed by atoms with Crippen LogP contribution in [0.4, 0.5) is 5.82 Å². The van der Waals surface area contributed by atoms with E-state index in [1.165, 1.54) is 25.8 Å². The predicted molar refractivity (Wildman–Crippen MR) is 73.0 cm³/mol. The Balaban J connectivity index is 1.69. The third-order valence-corrected chi connectivity index (χ3v) is 4.28. The van der Waals surface area contributed by atoms with E-state index in [2.05, 4.69) is 20.0 Å². The van der Waals surface area contributed by atoms with Crippen LogP contribution in [0.5, 0.6) is 0 Å². The molecule has 98 valence electrons. The number of piperidine rings is 1. The average Bonchev–Trinajstić information content (AvgIpc) is 2.47. The molecule has 2 aliphatic heterocycles. The predicted octanol–water partition coefficient (Wildman–Crippen LogP) is 1.89. The molecule has 18 heavy (non-hydrogen) atoms. The molecule has 2 aliphatic rings. The zero-order chi connectivity index (χ0) is 12.4. The first-order valence-corrected chi connectivity index (χ1v) is 7.28. The lowest BCUT2D eigenvalue weighted by atomic mass is 9.99. The highest BCUT2D eigenvalue weighted by atomic mass is 35.5. The number of anilines is 1. The maximum absolute atomic E-state index is 5.73. The van der Waals surface area contributed by atoms with Gasteiger partial charge in [-0.15, -0.1) is 16.7 Å². The smallest absolute Gasteiger partial charge is 0.151 e. The summed E-state index contributed by atoms with van der Waals surface area (Å²) in [5.74, 6) is 1.43. The van der Waals surface area contributed by atoms with Crippen molar-refractivity contribution >= 4 is 17.4 Å². The first-order valence-electron chi connectivity index (χ1n) is 6.74. The average molecular weight is 267 g/mol. The second-order valence-corrected chi connectivity index (χ2v) is 5.42. The maximum atomic E-state index is 5.73. The number of hydrogen-bond acceptors (Lipinski definition) is 4. The SMILES string of the molecule is ClCc1ccc(N2CCN3CCCCC3C2)nn1. The fourth-order valence-electron chi connectivity index (χ4n) is 2.96. The third-order valence-electron chi connectivity index (χ3n) is 4.00. The molecular weight excluding hydrogens is 248 g/mol. The summed E-state index contributed by atoms with van der Waals surface area (Å²) in [6, 6.07) is 4.73. The molecule has 1 aromatic heterocycles. The molecule has 1 aromatic rings. The van der Waals surface area contributed by atoms with E-state index in [0.29, 0.717) is 11.9 Å². The van der Waals surface area contributed by atoms with E-state index < -0.39 is 0 Å². The summed E-state index contributed by atoms with van der Waals surface area (Å²) in [6.45, 7) is 4.58. The molecule has 0 radical (unpaired) electrons. The molecule has 0 amide bonds. The molecule has 1 atom stereocenters. The van der Waals surface area contributed by atoms with Crippen LogP contribution in [-0.2, 0) is 5.88 Å². The number of piperazine rings is 1. The van der Waals surface area contributed by atoms with Gasteiger partial charge in [-0.1, -0.05) is 6.42 Å². The second kappa shape index (κ2) is 5.41. The van der Waals surface area contributed by atoms with Crippen LogP contribution in [-0.4, -0.2) is 47.3 Å². The maximum Gasteiger partial charge on any atom is 0.151 e. The molecule has 0 aromatic carbocycles.